The van der Waals surface area contributed by atoms with E-state index in [9.17, 15) is 5.11 Å². The molecule has 0 rings (SSSR count). The Balaban J connectivity index is 0. The van der Waals surface area contributed by atoms with Gasteiger partial charge in [0.05, 0.1) is 19.8 Å². The van der Waals surface area contributed by atoms with E-state index >= 15 is 0 Å². The third kappa shape index (κ3) is 28.9. The highest BCUT2D eigenvalue weighted by molar-refractivity contribution is 4.42. The summed E-state index contributed by atoms with van der Waals surface area (Å²) < 4.78 is 20.6. The van der Waals surface area contributed by atoms with Crippen LogP contribution in [0.4, 0.5) is 0 Å². The molecule has 0 aromatic carbocycles. The molecule has 0 spiro atoms. The number of ether oxygens (including phenoxy) is 4. The van der Waals surface area contributed by atoms with Crippen molar-refractivity contribution < 1.29 is 24.1 Å². The maximum Gasteiger partial charge on any atom is 0.178 e. The summed E-state index contributed by atoms with van der Waals surface area (Å²) in [5.41, 5.74) is 0. The van der Waals surface area contributed by atoms with Crippen molar-refractivity contribution in [2.45, 2.75) is 85.4 Å². The summed E-state index contributed by atoms with van der Waals surface area (Å²) in [7, 11) is 0. The zero-order chi connectivity index (χ0) is 19.0. The minimum Gasteiger partial charge on any atom is -0.379 e. The molecular formula is C20H44O5. The second-order valence-corrected chi connectivity index (χ2v) is 5.92. The van der Waals surface area contributed by atoms with Crippen LogP contribution < -0.4 is 0 Å². The Hall–Kier alpha value is -0.200. The molecule has 0 bridgehead atoms. The zero-order valence-corrected chi connectivity index (χ0v) is 17.3. The predicted octanol–water partition coefficient (Wildman–Crippen LogP) is 4.56. The van der Waals surface area contributed by atoms with Crippen LogP contribution in [0, 0.1) is 0 Å². The van der Waals surface area contributed by atoms with Gasteiger partial charge in [0, 0.05) is 26.4 Å². The molecule has 0 aromatic heterocycles. The number of hydrogen-bond acceptors (Lipinski definition) is 5. The summed E-state index contributed by atoms with van der Waals surface area (Å²) in [6.07, 6.45) is 9.03. The zero-order valence-electron chi connectivity index (χ0n) is 17.3. The van der Waals surface area contributed by atoms with Crippen molar-refractivity contribution in [1.29, 1.82) is 0 Å². The van der Waals surface area contributed by atoms with Crippen LogP contribution in [-0.4, -0.2) is 57.6 Å². The molecule has 0 aliphatic carbocycles. The summed E-state index contributed by atoms with van der Waals surface area (Å²) >= 11 is 0. The first kappa shape index (κ1) is 27.0. The number of unbranched alkanes of at least 4 members (excludes halogenated alkanes) is 6. The molecule has 0 aliphatic heterocycles. The van der Waals surface area contributed by atoms with Gasteiger partial charge in [-0.2, -0.15) is 0 Å². The molecule has 0 saturated heterocycles. The highest BCUT2D eigenvalue weighted by atomic mass is 16.6. The number of aliphatic hydroxyl groups is 1. The van der Waals surface area contributed by atoms with Gasteiger partial charge in [-0.25, -0.2) is 0 Å². The highest BCUT2D eigenvalue weighted by Crippen LogP contribution is 2.00. The lowest BCUT2D eigenvalue weighted by atomic mass is 10.2. The molecule has 0 heterocycles. The molecule has 1 unspecified atom stereocenters. The molecule has 0 radical (unpaired) electrons. The van der Waals surface area contributed by atoms with Crippen LogP contribution in [0.15, 0.2) is 0 Å². The van der Waals surface area contributed by atoms with E-state index < -0.39 is 6.29 Å². The first-order chi connectivity index (χ1) is 12.2. The van der Waals surface area contributed by atoms with Crippen LogP contribution >= 0.6 is 0 Å². The van der Waals surface area contributed by atoms with E-state index in [2.05, 4.69) is 13.8 Å². The summed E-state index contributed by atoms with van der Waals surface area (Å²) in [4.78, 5) is 0. The van der Waals surface area contributed by atoms with Crippen LogP contribution in [0.1, 0.15) is 79.1 Å². The van der Waals surface area contributed by atoms with E-state index in [1.54, 1.807) is 0 Å². The molecule has 0 amide bonds. The summed E-state index contributed by atoms with van der Waals surface area (Å²) in [6, 6.07) is 0. The van der Waals surface area contributed by atoms with Gasteiger partial charge in [-0.1, -0.05) is 52.4 Å². The van der Waals surface area contributed by atoms with E-state index in [0.717, 1.165) is 32.8 Å². The molecular weight excluding hydrogens is 320 g/mol. The third-order valence-corrected chi connectivity index (χ3v) is 3.49. The lowest BCUT2D eigenvalue weighted by molar-refractivity contribution is -0.137. The van der Waals surface area contributed by atoms with Gasteiger partial charge in [0.15, 0.2) is 6.29 Å². The summed E-state index contributed by atoms with van der Waals surface area (Å²) in [5, 5.41) is 9.19. The van der Waals surface area contributed by atoms with Crippen molar-refractivity contribution in [1.82, 2.24) is 0 Å². The average Bonchev–Trinajstić information content (AvgIpc) is 2.62. The van der Waals surface area contributed by atoms with Crippen molar-refractivity contribution in [2.24, 2.45) is 0 Å². The van der Waals surface area contributed by atoms with Crippen molar-refractivity contribution in [3.05, 3.63) is 0 Å². The molecule has 1 atom stereocenters. The molecule has 0 saturated carbocycles. The van der Waals surface area contributed by atoms with Gasteiger partial charge in [0.2, 0.25) is 0 Å². The molecule has 0 fully saturated rings. The fourth-order valence-electron chi connectivity index (χ4n) is 2.01. The smallest absolute Gasteiger partial charge is 0.178 e. The van der Waals surface area contributed by atoms with Gasteiger partial charge in [-0.05, 0) is 26.7 Å². The third-order valence-electron chi connectivity index (χ3n) is 3.49. The van der Waals surface area contributed by atoms with E-state index in [4.69, 9.17) is 18.9 Å². The van der Waals surface area contributed by atoms with Crippen molar-refractivity contribution in [3.8, 4) is 0 Å². The largest absolute Gasteiger partial charge is 0.379 e. The number of rotatable bonds is 18. The van der Waals surface area contributed by atoms with E-state index in [1.165, 1.54) is 44.9 Å². The SMILES string of the molecule is CCCCCCOC(O)COCC.CCCCCCOCCOCC. The maximum absolute atomic E-state index is 9.19. The Morgan fingerprint density at radius 2 is 1.16 bits per heavy atom. The molecule has 25 heavy (non-hydrogen) atoms. The van der Waals surface area contributed by atoms with Crippen LogP contribution in [0.3, 0.4) is 0 Å². The second kappa shape index (κ2) is 26.0. The van der Waals surface area contributed by atoms with Crippen molar-refractivity contribution in [3.63, 3.8) is 0 Å². The Morgan fingerprint density at radius 1 is 0.600 bits per heavy atom. The fourth-order valence-corrected chi connectivity index (χ4v) is 2.01. The summed E-state index contributed by atoms with van der Waals surface area (Å²) in [6.45, 7) is 13.0. The van der Waals surface area contributed by atoms with E-state index in [1.807, 2.05) is 13.8 Å². The van der Waals surface area contributed by atoms with Gasteiger partial charge in [0.25, 0.3) is 0 Å². The number of hydrogen-bond donors (Lipinski definition) is 1. The van der Waals surface area contributed by atoms with Crippen LogP contribution in [0.25, 0.3) is 0 Å². The topological polar surface area (TPSA) is 57.2 Å². The van der Waals surface area contributed by atoms with Crippen LogP contribution in [-0.2, 0) is 18.9 Å². The molecule has 1 N–H and O–H groups in total. The van der Waals surface area contributed by atoms with Crippen molar-refractivity contribution in [2.75, 3.05) is 46.2 Å². The maximum atomic E-state index is 9.19. The number of aliphatic hydroxyl groups excluding tert-OH is 1. The Kier molecular flexibility index (Phi) is 28.1. The second-order valence-electron chi connectivity index (χ2n) is 5.92. The van der Waals surface area contributed by atoms with Gasteiger partial charge < -0.3 is 24.1 Å². The Morgan fingerprint density at radius 3 is 1.72 bits per heavy atom. The fraction of sp³-hybridized carbons (Fsp3) is 1.00. The molecule has 0 aromatic rings. The normalized spacial score (nSPS) is 11.9. The molecule has 0 aliphatic rings. The Bertz CT molecular complexity index is 204. The predicted molar refractivity (Wildman–Crippen MR) is 104 cm³/mol. The molecule has 5 heteroatoms. The van der Waals surface area contributed by atoms with Gasteiger partial charge in [-0.15, -0.1) is 0 Å². The minimum absolute atomic E-state index is 0.282. The average molecular weight is 365 g/mol. The quantitative estimate of drug-likeness (QED) is 0.285. The van der Waals surface area contributed by atoms with Gasteiger partial charge in [-0.3, -0.25) is 0 Å². The van der Waals surface area contributed by atoms with Crippen molar-refractivity contribution >= 4 is 0 Å². The highest BCUT2D eigenvalue weighted by Gasteiger charge is 2.02. The first-order valence-electron chi connectivity index (χ1n) is 10.3. The lowest BCUT2D eigenvalue weighted by Gasteiger charge is -2.11. The summed E-state index contributed by atoms with van der Waals surface area (Å²) in [5.74, 6) is 0. The first-order valence-corrected chi connectivity index (χ1v) is 10.3. The molecule has 154 valence electrons. The van der Waals surface area contributed by atoms with E-state index in [0.29, 0.717) is 13.2 Å². The van der Waals surface area contributed by atoms with E-state index in [-0.39, 0.29) is 6.61 Å². The molecule has 5 nitrogen and oxygen atoms in total. The van der Waals surface area contributed by atoms with Crippen LogP contribution in [0.5, 0.6) is 0 Å². The van der Waals surface area contributed by atoms with Gasteiger partial charge in [0.1, 0.15) is 0 Å². The van der Waals surface area contributed by atoms with Gasteiger partial charge >= 0.3 is 0 Å². The van der Waals surface area contributed by atoms with Crippen LogP contribution in [0.2, 0.25) is 0 Å². The lowest BCUT2D eigenvalue weighted by Crippen LogP contribution is -2.19. The standard InChI is InChI=1S/C10H22O3.C10H22O2/c1-3-5-6-7-8-13-10(11)9-12-4-2;1-3-5-6-7-8-12-10-9-11-4-2/h10-11H,3-9H2,1-2H3;3-10H2,1-2H3. The minimum atomic E-state index is -0.749. The monoisotopic (exact) mass is 364 g/mol. The Labute approximate surface area is 156 Å².